The van der Waals surface area contributed by atoms with Crippen LogP contribution in [0.2, 0.25) is 0 Å². The average Bonchev–Trinajstić information content (AvgIpc) is 2.79. The van der Waals surface area contributed by atoms with Crippen molar-refractivity contribution in [1.29, 1.82) is 0 Å². The molecule has 2 aromatic carbocycles. The SMILES string of the molecule is C=CCN(Cc1ccc(C(=O)N2CCOCC2)cc1)S(=O)(=O)c1ccc(OC)cc1. The molecule has 1 aliphatic rings. The summed E-state index contributed by atoms with van der Waals surface area (Å²) in [6, 6.07) is 13.3. The van der Waals surface area contributed by atoms with E-state index in [1.165, 1.54) is 23.5 Å². The Hall–Kier alpha value is -2.68. The van der Waals surface area contributed by atoms with Gasteiger partial charge in [0.15, 0.2) is 0 Å². The van der Waals surface area contributed by atoms with Gasteiger partial charge in [-0.3, -0.25) is 4.79 Å². The van der Waals surface area contributed by atoms with Crippen LogP contribution in [0.3, 0.4) is 0 Å². The van der Waals surface area contributed by atoms with Crippen molar-refractivity contribution in [2.75, 3.05) is 40.0 Å². The molecule has 1 saturated heterocycles. The molecule has 0 atom stereocenters. The first-order chi connectivity index (χ1) is 14.5. The van der Waals surface area contributed by atoms with E-state index in [9.17, 15) is 13.2 Å². The quantitative estimate of drug-likeness (QED) is 0.602. The maximum Gasteiger partial charge on any atom is 0.254 e. The van der Waals surface area contributed by atoms with Gasteiger partial charge in [0.2, 0.25) is 10.0 Å². The highest BCUT2D eigenvalue weighted by Crippen LogP contribution is 2.21. The van der Waals surface area contributed by atoms with Gasteiger partial charge < -0.3 is 14.4 Å². The number of methoxy groups -OCH3 is 1. The molecule has 0 aromatic heterocycles. The predicted molar refractivity (Wildman–Crippen MR) is 114 cm³/mol. The molecule has 0 radical (unpaired) electrons. The van der Waals surface area contributed by atoms with E-state index in [1.54, 1.807) is 47.4 Å². The third-order valence-corrected chi connectivity index (χ3v) is 6.71. The number of hydrogen-bond donors (Lipinski definition) is 0. The van der Waals surface area contributed by atoms with Crippen LogP contribution in [-0.2, 0) is 21.3 Å². The van der Waals surface area contributed by atoms with Gasteiger partial charge in [-0.25, -0.2) is 8.42 Å². The lowest BCUT2D eigenvalue weighted by Gasteiger charge is -2.27. The first-order valence-corrected chi connectivity index (χ1v) is 11.1. The first kappa shape index (κ1) is 22.0. The molecule has 1 heterocycles. The number of rotatable bonds is 8. The highest BCUT2D eigenvalue weighted by molar-refractivity contribution is 7.89. The molecule has 160 valence electrons. The summed E-state index contributed by atoms with van der Waals surface area (Å²) in [4.78, 5) is 14.5. The molecule has 1 fully saturated rings. The summed E-state index contributed by atoms with van der Waals surface area (Å²) in [5.74, 6) is 0.545. The minimum Gasteiger partial charge on any atom is -0.497 e. The van der Waals surface area contributed by atoms with E-state index in [1.807, 2.05) is 0 Å². The molecule has 0 bridgehead atoms. The van der Waals surface area contributed by atoms with E-state index >= 15 is 0 Å². The van der Waals surface area contributed by atoms with Crippen LogP contribution in [0, 0.1) is 0 Å². The largest absolute Gasteiger partial charge is 0.497 e. The lowest BCUT2D eigenvalue weighted by atomic mass is 10.1. The smallest absolute Gasteiger partial charge is 0.254 e. The number of benzene rings is 2. The summed E-state index contributed by atoms with van der Waals surface area (Å²) < 4.78 is 37.9. The molecule has 8 heteroatoms. The maximum atomic E-state index is 13.1. The highest BCUT2D eigenvalue weighted by Gasteiger charge is 2.24. The van der Waals surface area contributed by atoms with Crippen LogP contribution in [0.1, 0.15) is 15.9 Å². The van der Waals surface area contributed by atoms with E-state index in [4.69, 9.17) is 9.47 Å². The Morgan fingerprint density at radius 3 is 2.33 bits per heavy atom. The van der Waals surface area contributed by atoms with Crippen molar-refractivity contribution in [3.63, 3.8) is 0 Å². The summed E-state index contributed by atoms with van der Waals surface area (Å²) >= 11 is 0. The Morgan fingerprint density at radius 2 is 1.77 bits per heavy atom. The first-order valence-electron chi connectivity index (χ1n) is 9.67. The van der Waals surface area contributed by atoms with E-state index in [0.29, 0.717) is 37.6 Å². The number of carbonyl (C=O) groups excluding carboxylic acids is 1. The monoisotopic (exact) mass is 430 g/mol. The molecule has 0 saturated carbocycles. The third kappa shape index (κ3) is 5.08. The van der Waals surface area contributed by atoms with Crippen LogP contribution < -0.4 is 4.74 Å². The van der Waals surface area contributed by atoms with Crippen LogP contribution in [0.4, 0.5) is 0 Å². The van der Waals surface area contributed by atoms with Gasteiger partial charge in [-0.1, -0.05) is 18.2 Å². The van der Waals surface area contributed by atoms with Crippen LogP contribution in [0.5, 0.6) is 5.75 Å². The number of ether oxygens (including phenoxy) is 2. The number of amides is 1. The van der Waals surface area contributed by atoms with E-state index < -0.39 is 10.0 Å². The molecule has 3 rings (SSSR count). The van der Waals surface area contributed by atoms with Gasteiger partial charge >= 0.3 is 0 Å². The topological polar surface area (TPSA) is 76.2 Å². The van der Waals surface area contributed by atoms with E-state index in [0.717, 1.165) is 5.56 Å². The number of hydrogen-bond acceptors (Lipinski definition) is 5. The maximum absolute atomic E-state index is 13.1. The Labute approximate surface area is 177 Å². The Kier molecular flexibility index (Phi) is 7.25. The van der Waals surface area contributed by atoms with Gasteiger partial charge in [-0.2, -0.15) is 4.31 Å². The van der Waals surface area contributed by atoms with Crippen LogP contribution >= 0.6 is 0 Å². The fourth-order valence-electron chi connectivity index (χ4n) is 3.19. The van der Waals surface area contributed by atoms with Crippen molar-refractivity contribution >= 4 is 15.9 Å². The Balaban J connectivity index is 1.75. The molecule has 30 heavy (non-hydrogen) atoms. The standard InChI is InChI=1S/C22H26N2O5S/c1-3-12-24(30(26,27)21-10-8-20(28-2)9-11-21)17-18-4-6-19(7-5-18)22(25)23-13-15-29-16-14-23/h3-11H,1,12-17H2,2H3. The summed E-state index contributed by atoms with van der Waals surface area (Å²) in [5.41, 5.74) is 1.36. The molecular weight excluding hydrogens is 404 g/mol. The third-order valence-electron chi connectivity index (χ3n) is 4.89. The molecule has 2 aromatic rings. The van der Waals surface area contributed by atoms with Crippen molar-refractivity contribution in [1.82, 2.24) is 9.21 Å². The lowest BCUT2D eigenvalue weighted by molar-refractivity contribution is 0.0303. The second-order valence-corrected chi connectivity index (χ2v) is 8.80. The van der Waals surface area contributed by atoms with Crippen LogP contribution in [0.25, 0.3) is 0 Å². The van der Waals surface area contributed by atoms with E-state index in [2.05, 4.69) is 6.58 Å². The Morgan fingerprint density at radius 1 is 1.13 bits per heavy atom. The van der Waals surface area contributed by atoms with E-state index in [-0.39, 0.29) is 23.9 Å². The Bertz CT molecular complexity index is 966. The zero-order valence-corrected chi connectivity index (χ0v) is 17.8. The van der Waals surface area contributed by atoms with Crippen LogP contribution in [-0.4, -0.2) is 63.5 Å². The number of morpholine rings is 1. The molecule has 1 amide bonds. The number of carbonyl (C=O) groups is 1. The molecule has 0 N–H and O–H groups in total. The van der Waals surface area contributed by atoms with Gasteiger partial charge in [0.25, 0.3) is 5.91 Å². The lowest BCUT2D eigenvalue weighted by Crippen LogP contribution is -2.40. The molecule has 0 aliphatic carbocycles. The average molecular weight is 431 g/mol. The van der Waals surface area contributed by atoms with Gasteiger partial charge in [-0.05, 0) is 42.0 Å². The second kappa shape index (κ2) is 9.88. The zero-order valence-electron chi connectivity index (χ0n) is 17.0. The van der Waals surface area contributed by atoms with Gasteiger partial charge in [0, 0.05) is 31.7 Å². The van der Waals surface area contributed by atoms with Crippen molar-refractivity contribution in [2.24, 2.45) is 0 Å². The van der Waals surface area contributed by atoms with Gasteiger partial charge in [-0.15, -0.1) is 6.58 Å². The van der Waals surface area contributed by atoms with Crippen molar-refractivity contribution in [2.45, 2.75) is 11.4 Å². The predicted octanol–water partition coefficient (Wildman–Crippen LogP) is 2.54. The van der Waals surface area contributed by atoms with Crippen molar-refractivity contribution in [3.8, 4) is 5.75 Å². The molecule has 0 unspecified atom stereocenters. The molecule has 0 spiro atoms. The number of nitrogens with zero attached hydrogens (tertiary/aromatic N) is 2. The fraction of sp³-hybridized carbons (Fsp3) is 0.318. The second-order valence-electron chi connectivity index (χ2n) is 6.86. The van der Waals surface area contributed by atoms with Crippen LogP contribution in [0.15, 0.2) is 66.1 Å². The summed E-state index contributed by atoms with van der Waals surface area (Å²) in [6.45, 7) is 6.27. The minimum absolute atomic E-state index is 0.0429. The zero-order chi connectivity index (χ0) is 21.6. The summed E-state index contributed by atoms with van der Waals surface area (Å²) in [5, 5.41) is 0. The van der Waals surface area contributed by atoms with Gasteiger partial charge in [0.1, 0.15) is 5.75 Å². The van der Waals surface area contributed by atoms with Gasteiger partial charge in [0.05, 0.1) is 25.2 Å². The van der Waals surface area contributed by atoms with Crippen molar-refractivity contribution in [3.05, 3.63) is 72.3 Å². The molecular formula is C22H26N2O5S. The fourth-order valence-corrected chi connectivity index (χ4v) is 4.59. The summed E-state index contributed by atoms with van der Waals surface area (Å²) in [6.07, 6.45) is 1.55. The minimum atomic E-state index is -3.71. The highest BCUT2D eigenvalue weighted by atomic mass is 32.2. The number of sulfonamides is 1. The van der Waals surface area contributed by atoms with Crippen molar-refractivity contribution < 1.29 is 22.7 Å². The molecule has 7 nitrogen and oxygen atoms in total. The molecule has 1 aliphatic heterocycles. The summed E-state index contributed by atoms with van der Waals surface area (Å²) in [7, 11) is -2.18. The normalized spacial score (nSPS) is 14.5.